The van der Waals surface area contributed by atoms with Crippen LogP contribution < -0.4 is 16.7 Å². The first-order chi connectivity index (χ1) is 42.5. The van der Waals surface area contributed by atoms with E-state index in [4.69, 9.17) is 26.2 Å². The summed E-state index contributed by atoms with van der Waals surface area (Å²) < 4.78 is 148. The van der Waals surface area contributed by atoms with Gasteiger partial charge >= 0.3 is 64.3 Å². The Morgan fingerprint density at radius 2 is 0.500 bits per heavy atom. The predicted molar refractivity (Wildman–Crippen MR) is 327 cm³/mol. The molecule has 90 heavy (non-hydrogen) atoms. The highest BCUT2D eigenvalue weighted by molar-refractivity contribution is 7.88. The van der Waals surface area contributed by atoms with Gasteiger partial charge in [-0.05, 0) is 217 Å². The lowest BCUT2D eigenvalue weighted by Gasteiger charge is -2.24. The van der Waals surface area contributed by atoms with Crippen molar-refractivity contribution in [1.29, 1.82) is 0 Å². The van der Waals surface area contributed by atoms with Crippen molar-refractivity contribution in [2.75, 3.05) is 14.2 Å². The Kier molecular flexibility index (Phi) is 19.1. The molecule has 0 amide bonds. The highest BCUT2D eigenvalue weighted by Gasteiger charge is 2.30. The van der Waals surface area contributed by atoms with Crippen molar-refractivity contribution in [3.63, 3.8) is 0 Å². The molecule has 20 nitrogen and oxygen atoms in total. The summed E-state index contributed by atoms with van der Waals surface area (Å²) in [6.45, 7) is 6.97. The molecule has 0 atom stereocenters. The van der Waals surface area contributed by atoms with Crippen molar-refractivity contribution in [1.82, 2.24) is 0 Å². The van der Waals surface area contributed by atoms with Gasteiger partial charge in [-0.2, -0.15) is 33.7 Å². The molecule has 0 saturated carbocycles. The SMILES string of the molecule is COC(=O)Cc1c2cc(OS(=O)(=O)c3ccc(C)cc3)cc1Cc1cc(OS(=O)(=O)c3ccc(C)cc3)cc(c1CC(=O)OC)Cc1cc(OS(=O)(=O)c3ccc(C)cc3)cc(c1CC(=O)O)Cc1cc(OS(=O)(=O)c3ccc(C)cc3)cc(c1CC(=O)O)C2. The minimum atomic E-state index is -4.71. The number of hydrogen-bond acceptors (Lipinski definition) is 18. The van der Waals surface area contributed by atoms with Crippen LogP contribution in [-0.4, -0.2) is 82.0 Å². The number of carbonyl (C=O) groups excluding carboxylic acids is 2. The van der Waals surface area contributed by atoms with Crippen molar-refractivity contribution < 1.29 is 89.3 Å². The molecular formula is C66H60O20S4. The number of carboxylic acid groups (broad SMARTS) is 2. The van der Waals surface area contributed by atoms with E-state index in [1.165, 1.54) is 121 Å². The third-order valence-corrected chi connectivity index (χ3v) is 20.0. The lowest BCUT2D eigenvalue weighted by Crippen LogP contribution is -2.18. The summed E-state index contributed by atoms with van der Waals surface area (Å²) in [6, 6.07) is 33.1. The maximum Gasteiger partial charge on any atom is 0.339 e. The first kappa shape index (κ1) is 65.1. The number of esters is 2. The molecule has 468 valence electrons. The van der Waals surface area contributed by atoms with E-state index in [1.54, 1.807) is 52.0 Å². The van der Waals surface area contributed by atoms with Crippen molar-refractivity contribution in [3.8, 4) is 23.0 Å². The average Bonchev–Trinajstić information content (AvgIpc) is 0.952. The van der Waals surface area contributed by atoms with Crippen LogP contribution in [0.1, 0.15) is 89.0 Å². The van der Waals surface area contributed by atoms with Crippen LogP contribution in [0.25, 0.3) is 0 Å². The fraction of sp³-hybridized carbons (Fsp3) is 0.212. The second kappa shape index (κ2) is 26.4. The van der Waals surface area contributed by atoms with Crippen LogP contribution in [-0.2, 0) is 120 Å². The van der Waals surface area contributed by atoms with Gasteiger partial charge < -0.3 is 36.4 Å². The van der Waals surface area contributed by atoms with Crippen LogP contribution in [0, 0.1) is 27.7 Å². The second-order valence-electron chi connectivity index (χ2n) is 21.6. The van der Waals surface area contributed by atoms with Crippen LogP contribution >= 0.6 is 0 Å². The lowest BCUT2D eigenvalue weighted by molar-refractivity contribution is -0.140. The zero-order valence-electron chi connectivity index (χ0n) is 49.4. The summed E-state index contributed by atoms with van der Waals surface area (Å²) in [5, 5.41) is 21.6. The molecule has 2 N–H and O–H groups in total. The van der Waals surface area contributed by atoms with E-state index in [2.05, 4.69) is 0 Å². The number of aliphatic carboxylic acids is 2. The topological polar surface area (TPSA) is 301 Å². The minimum absolute atomic E-state index is 0.00158. The maximum absolute atomic E-state index is 14.3. The van der Waals surface area contributed by atoms with E-state index in [0.717, 1.165) is 36.5 Å². The molecule has 0 aliphatic heterocycles. The molecule has 0 unspecified atom stereocenters. The highest BCUT2D eigenvalue weighted by Crippen LogP contribution is 2.39. The van der Waals surface area contributed by atoms with E-state index in [1.807, 2.05) is 0 Å². The van der Waals surface area contributed by atoms with Crippen molar-refractivity contribution in [2.45, 2.75) is 98.6 Å². The van der Waals surface area contributed by atoms with Crippen molar-refractivity contribution in [2.24, 2.45) is 0 Å². The van der Waals surface area contributed by atoms with Crippen LogP contribution in [0.3, 0.4) is 0 Å². The van der Waals surface area contributed by atoms with Gasteiger partial charge in [0.1, 0.15) is 42.6 Å². The fourth-order valence-electron chi connectivity index (χ4n) is 10.5. The lowest BCUT2D eigenvalue weighted by atomic mass is 9.82. The Labute approximate surface area is 521 Å². The third-order valence-electron chi connectivity index (χ3n) is 15.0. The first-order valence-electron chi connectivity index (χ1n) is 27.7. The minimum Gasteiger partial charge on any atom is -0.481 e. The first-order valence-corrected chi connectivity index (χ1v) is 33.3. The number of carboxylic acids is 2. The zero-order chi connectivity index (χ0) is 65.0. The Balaban J connectivity index is 1.41. The van der Waals surface area contributed by atoms with Gasteiger partial charge in [-0.15, -0.1) is 0 Å². The summed E-state index contributed by atoms with van der Waals surface area (Å²) in [7, 11) is -16.6. The number of methoxy groups -OCH3 is 2. The maximum atomic E-state index is 14.3. The van der Waals surface area contributed by atoms with Crippen LogP contribution in [0.4, 0.5) is 0 Å². The number of rotatable bonds is 20. The monoisotopic (exact) mass is 1300 g/mol. The summed E-state index contributed by atoms with van der Waals surface area (Å²) in [5.74, 6) is -5.94. The van der Waals surface area contributed by atoms with Crippen molar-refractivity contribution >= 4 is 64.3 Å². The van der Waals surface area contributed by atoms with E-state index < -0.39 is 116 Å². The van der Waals surface area contributed by atoms with Crippen LogP contribution in [0.15, 0.2) is 165 Å². The Bertz CT molecular complexity index is 4320. The van der Waals surface area contributed by atoms with Gasteiger partial charge in [0, 0.05) is 0 Å². The van der Waals surface area contributed by atoms with Gasteiger partial charge in [0.05, 0.1) is 39.9 Å². The van der Waals surface area contributed by atoms with Crippen LogP contribution in [0.2, 0.25) is 0 Å². The second-order valence-corrected chi connectivity index (χ2v) is 27.8. The Morgan fingerprint density at radius 3 is 0.667 bits per heavy atom. The number of ether oxygens (including phenoxy) is 2. The Morgan fingerprint density at radius 1 is 0.322 bits per heavy atom. The smallest absolute Gasteiger partial charge is 0.339 e. The van der Waals surface area contributed by atoms with Crippen molar-refractivity contribution in [3.05, 3.63) is 235 Å². The van der Waals surface area contributed by atoms with E-state index in [-0.39, 0.29) is 109 Å². The molecule has 1 aliphatic carbocycles. The molecule has 0 radical (unpaired) electrons. The molecule has 0 heterocycles. The molecule has 9 rings (SSSR count). The van der Waals surface area contributed by atoms with Gasteiger partial charge in [-0.3, -0.25) is 19.2 Å². The summed E-state index contributed by atoms with van der Waals surface area (Å²) >= 11 is 0. The average molecular weight is 1300 g/mol. The molecular weight excluding hydrogens is 1240 g/mol. The molecule has 8 aromatic carbocycles. The Hall–Kier alpha value is -9.36. The molecule has 1 aliphatic rings. The quantitative estimate of drug-likeness (QED) is 0.0530. The van der Waals surface area contributed by atoms with E-state index >= 15 is 0 Å². The third kappa shape index (κ3) is 15.5. The van der Waals surface area contributed by atoms with E-state index in [0.29, 0.717) is 0 Å². The largest absolute Gasteiger partial charge is 0.481 e. The molecule has 8 aromatic rings. The van der Waals surface area contributed by atoms with Gasteiger partial charge in [0.2, 0.25) is 0 Å². The standard InChI is InChI=1S/C66H60O20S4/c1-39-7-15-55(16-8-39)87(73,74)83-51-27-43-23-44-28-52(84-88(75,76)56-17-9-40(2)10-18-56)30-46(60(44)36-64(69)70)25-48-32-54(86-90(79,80)58-21-13-42(4)14-22-58)34-50(62(48)38-66(72)82-6)26-49-33-53(85-89(77,78)57-19-11-41(3)12-20-57)31-47(61(49)37-65(71)81-5)24-45(29-51)59(43)35-63(67)68/h7-22,27-34H,23-26,35-38H2,1-6H3,(H,67,68)(H,69,70). The number of fused-ring (bicyclic) bond motifs is 8. The fourth-order valence-corrected chi connectivity index (χ4v) is 14.2. The molecule has 0 aromatic heterocycles. The molecule has 0 spiro atoms. The number of benzene rings is 8. The van der Waals surface area contributed by atoms with E-state index in [9.17, 15) is 63.1 Å². The van der Waals surface area contributed by atoms with Gasteiger partial charge in [-0.25, -0.2) is 0 Å². The summed E-state index contributed by atoms with van der Waals surface area (Å²) in [5.41, 5.74) is 3.53. The number of aryl methyl sites for hydroxylation is 4. The normalized spacial score (nSPS) is 12.5. The molecule has 24 heteroatoms. The number of carbonyl (C=O) groups is 4. The molecule has 8 bridgehead atoms. The van der Waals surface area contributed by atoms with Gasteiger partial charge in [-0.1, -0.05) is 70.8 Å². The molecule has 0 saturated heterocycles. The number of hydrogen-bond donors (Lipinski definition) is 2. The van der Waals surface area contributed by atoms with Crippen LogP contribution in [0.5, 0.6) is 23.0 Å². The summed E-state index contributed by atoms with van der Waals surface area (Å²) in [4.78, 5) is 53.1. The van der Waals surface area contributed by atoms with Gasteiger partial charge in [0.25, 0.3) is 0 Å². The zero-order valence-corrected chi connectivity index (χ0v) is 52.7. The predicted octanol–water partition coefficient (Wildman–Crippen LogP) is 9.35. The molecule has 0 fully saturated rings. The highest BCUT2D eigenvalue weighted by atomic mass is 32.2. The van der Waals surface area contributed by atoms with Gasteiger partial charge in [0.15, 0.2) is 0 Å². The summed E-state index contributed by atoms with van der Waals surface area (Å²) in [6.07, 6.45) is -4.63.